The third-order valence-corrected chi connectivity index (χ3v) is 1.73. The van der Waals surface area contributed by atoms with Gasteiger partial charge in [0.2, 0.25) is 0 Å². The van der Waals surface area contributed by atoms with E-state index in [1.165, 1.54) is 12.1 Å². The smallest absolute Gasteiger partial charge is 0.252 e. The standard InChI is InChI=1S/C8H7ClN2O2/c9-7(12)5-1-3-6(4-2-5)8(10)11-13/h1-4,13H,(H2,10,11). The molecule has 0 radical (unpaired) electrons. The minimum absolute atomic E-state index is 0.00595. The molecule has 0 aliphatic carbocycles. The largest absolute Gasteiger partial charge is 0.409 e. The van der Waals surface area contributed by atoms with Gasteiger partial charge in [0.1, 0.15) is 0 Å². The van der Waals surface area contributed by atoms with Crippen molar-refractivity contribution >= 4 is 22.7 Å². The Hall–Kier alpha value is -1.55. The normalized spacial score (nSPS) is 11.3. The van der Waals surface area contributed by atoms with Crippen LogP contribution in [0.5, 0.6) is 0 Å². The summed E-state index contributed by atoms with van der Waals surface area (Å²) in [5.74, 6) is -0.00595. The van der Waals surface area contributed by atoms with Crippen molar-refractivity contribution in [3.05, 3.63) is 35.4 Å². The molecule has 1 aromatic carbocycles. The van der Waals surface area contributed by atoms with Crippen LogP contribution in [0.25, 0.3) is 0 Å². The molecule has 0 aliphatic rings. The van der Waals surface area contributed by atoms with Crippen LogP contribution in [0, 0.1) is 0 Å². The molecule has 0 aliphatic heterocycles. The van der Waals surface area contributed by atoms with Gasteiger partial charge in [-0.15, -0.1) is 0 Å². The summed E-state index contributed by atoms with van der Waals surface area (Å²) in [6.45, 7) is 0. The van der Waals surface area contributed by atoms with Gasteiger partial charge in [0.05, 0.1) is 0 Å². The van der Waals surface area contributed by atoms with Gasteiger partial charge in [0.25, 0.3) is 5.24 Å². The van der Waals surface area contributed by atoms with Gasteiger partial charge in [-0.25, -0.2) is 0 Å². The van der Waals surface area contributed by atoms with Crippen LogP contribution in [0.15, 0.2) is 29.4 Å². The summed E-state index contributed by atoms with van der Waals surface area (Å²) in [6.07, 6.45) is 0. The topological polar surface area (TPSA) is 75.7 Å². The number of nitrogens with zero attached hydrogens (tertiary/aromatic N) is 1. The molecule has 68 valence electrons. The Balaban J connectivity index is 3.00. The Bertz CT molecular complexity index is 346. The van der Waals surface area contributed by atoms with Gasteiger partial charge in [0.15, 0.2) is 5.84 Å². The molecule has 0 saturated heterocycles. The molecule has 13 heavy (non-hydrogen) atoms. The third-order valence-electron chi connectivity index (χ3n) is 1.52. The van der Waals surface area contributed by atoms with Crippen molar-refractivity contribution in [3.8, 4) is 0 Å². The summed E-state index contributed by atoms with van der Waals surface area (Å²) in [4.78, 5) is 10.7. The van der Waals surface area contributed by atoms with Crippen molar-refractivity contribution in [2.24, 2.45) is 10.9 Å². The maximum absolute atomic E-state index is 10.7. The Kier molecular flexibility index (Phi) is 2.87. The van der Waals surface area contributed by atoms with Crippen LogP contribution in [-0.4, -0.2) is 16.3 Å². The fourth-order valence-electron chi connectivity index (χ4n) is 0.830. The number of hydrogen-bond acceptors (Lipinski definition) is 3. The highest BCUT2D eigenvalue weighted by Gasteiger charge is 2.02. The van der Waals surface area contributed by atoms with E-state index in [0.717, 1.165) is 0 Å². The zero-order chi connectivity index (χ0) is 9.84. The number of oxime groups is 1. The monoisotopic (exact) mass is 198 g/mol. The van der Waals surface area contributed by atoms with E-state index < -0.39 is 5.24 Å². The third kappa shape index (κ3) is 2.19. The summed E-state index contributed by atoms with van der Waals surface area (Å²) < 4.78 is 0. The number of rotatable bonds is 2. The highest BCUT2D eigenvalue weighted by atomic mass is 35.5. The van der Waals surface area contributed by atoms with E-state index in [1.54, 1.807) is 12.1 Å². The predicted molar refractivity (Wildman–Crippen MR) is 49.1 cm³/mol. The minimum atomic E-state index is -0.536. The number of nitrogens with two attached hydrogens (primary N) is 1. The van der Waals surface area contributed by atoms with Gasteiger partial charge >= 0.3 is 0 Å². The molecule has 0 atom stereocenters. The number of amidine groups is 1. The highest BCUT2D eigenvalue weighted by Crippen LogP contribution is 2.06. The van der Waals surface area contributed by atoms with Gasteiger partial charge in [-0.1, -0.05) is 17.3 Å². The van der Waals surface area contributed by atoms with Crippen LogP contribution >= 0.6 is 11.6 Å². The van der Waals surface area contributed by atoms with Gasteiger partial charge < -0.3 is 10.9 Å². The molecule has 3 N–H and O–H groups in total. The maximum Gasteiger partial charge on any atom is 0.252 e. The Morgan fingerprint density at radius 2 is 1.77 bits per heavy atom. The first kappa shape index (κ1) is 9.54. The number of halogens is 1. The molecular weight excluding hydrogens is 192 g/mol. The van der Waals surface area contributed by atoms with E-state index in [-0.39, 0.29) is 5.84 Å². The Labute approximate surface area is 79.6 Å². The molecule has 0 amide bonds. The van der Waals surface area contributed by atoms with E-state index in [2.05, 4.69) is 5.16 Å². The lowest BCUT2D eigenvalue weighted by Crippen LogP contribution is -2.12. The molecule has 1 aromatic rings. The second-order valence-electron chi connectivity index (χ2n) is 2.34. The van der Waals surface area contributed by atoms with Gasteiger partial charge in [-0.3, -0.25) is 4.79 Å². The SMILES string of the molecule is NC(=NO)c1ccc(C(=O)Cl)cc1. The quantitative estimate of drug-likeness (QED) is 0.246. The minimum Gasteiger partial charge on any atom is -0.409 e. The molecule has 0 aromatic heterocycles. The first-order valence-electron chi connectivity index (χ1n) is 3.43. The van der Waals surface area contributed by atoms with Crippen LogP contribution in [-0.2, 0) is 0 Å². The molecule has 5 heteroatoms. The van der Waals surface area contributed by atoms with Crippen molar-refractivity contribution in [2.45, 2.75) is 0 Å². The van der Waals surface area contributed by atoms with E-state index in [9.17, 15) is 4.79 Å². The number of hydrogen-bond donors (Lipinski definition) is 2. The van der Waals surface area contributed by atoms with Crippen LogP contribution < -0.4 is 5.73 Å². The lowest BCUT2D eigenvalue weighted by Gasteiger charge is -1.98. The van der Waals surface area contributed by atoms with Crippen molar-refractivity contribution in [2.75, 3.05) is 0 Å². The van der Waals surface area contributed by atoms with Crippen molar-refractivity contribution in [1.82, 2.24) is 0 Å². The van der Waals surface area contributed by atoms with Crippen LogP contribution in [0.4, 0.5) is 0 Å². The van der Waals surface area contributed by atoms with Crippen LogP contribution in [0.1, 0.15) is 15.9 Å². The zero-order valence-electron chi connectivity index (χ0n) is 6.57. The fraction of sp³-hybridized carbons (Fsp3) is 0. The molecule has 0 unspecified atom stereocenters. The van der Waals surface area contributed by atoms with Gasteiger partial charge in [-0.2, -0.15) is 0 Å². The maximum atomic E-state index is 10.7. The lowest BCUT2D eigenvalue weighted by molar-refractivity contribution is 0.108. The molecular formula is C8H7ClN2O2. The number of carbonyl (C=O) groups excluding carboxylic acids is 1. The Morgan fingerprint density at radius 3 is 2.15 bits per heavy atom. The summed E-state index contributed by atoms with van der Waals surface area (Å²) in [5, 5.41) is 10.6. The average molecular weight is 199 g/mol. The molecule has 0 bridgehead atoms. The highest BCUT2D eigenvalue weighted by molar-refractivity contribution is 6.67. The van der Waals surface area contributed by atoms with E-state index in [1.807, 2.05) is 0 Å². The molecule has 4 nitrogen and oxygen atoms in total. The predicted octanol–water partition coefficient (Wildman–Crippen LogP) is 1.16. The van der Waals surface area contributed by atoms with E-state index >= 15 is 0 Å². The van der Waals surface area contributed by atoms with E-state index in [4.69, 9.17) is 22.5 Å². The summed E-state index contributed by atoms with van der Waals surface area (Å²) in [5.41, 5.74) is 6.21. The first-order valence-corrected chi connectivity index (χ1v) is 3.80. The van der Waals surface area contributed by atoms with Crippen LogP contribution in [0.3, 0.4) is 0 Å². The molecule has 0 saturated carbocycles. The van der Waals surface area contributed by atoms with Crippen molar-refractivity contribution in [3.63, 3.8) is 0 Å². The van der Waals surface area contributed by atoms with Gasteiger partial charge in [0, 0.05) is 11.1 Å². The number of benzene rings is 1. The second kappa shape index (κ2) is 3.91. The lowest BCUT2D eigenvalue weighted by atomic mass is 10.1. The molecule has 0 spiro atoms. The number of carbonyl (C=O) groups is 1. The average Bonchev–Trinajstić information content (AvgIpc) is 2.17. The summed E-state index contributed by atoms with van der Waals surface area (Å²) >= 11 is 5.22. The Morgan fingerprint density at radius 1 is 1.31 bits per heavy atom. The zero-order valence-corrected chi connectivity index (χ0v) is 7.32. The first-order chi connectivity index (χ1) is 6.15. The molecule has 0 heterocycles. The fourth-order valence-corrected chi connectivity index (χ4v) is 0.956. The molecule has 1 rings (SSSR count). The summed E-state index contributed by atoms with van der Waals surface area (Å²) in [6, 6.07) is 6.10. The second-order valence-corrected chi connectivity index (χ2v) is 2.68. The summed E-state index contributed by atoms with van der Waals surface area (Å²) in [7, 11) is 0. The van der Waals surface area contributed by atoms with Crippen molar-refractivity contribution in [1.29, 1.82) is 0 Å². The molecule has 0 fully saturated rings. The van der Waals surface area contributed by atoms with Crippen LogP contribution in [0.2, 0.25) is 0 Å². The van der Waals surface area contributed by atoms with Gasteiger partial charge in [-0.05, 0) is 23.7 Å². The van der Waals surface area contributed by atoms with E-state index in [0.29, 0.717) is 11.1 Å². The van der Waals surface area contributed by atoms with Crippen molar-refractivity contribution < 1.29 is 10.0 Å².